The van der Waals surface area contributed by atoms with Gasteiger partial charge in [-0.1, -0.05) is 36.4 Å². The number of H-pyrrole nitrogens is 1. The highest BCUT2D eigenvalue weighted by Crippen LogP contribution is 2.20. The fraction of sp³-hybridized carbons (Fsp3) is 0.150. The van der Waals surface area contributed by atoms with E-state index in [1.54, 1.807) is 10.9 Å². The van der Waals surface area contributed by atoms with Crippen LogP contribution in [-0.2, 0) is 17.9 Å². The van der Waals surface area contributed by atoms with Crippen LogP contribution in [0.3, 0.4) is 0 Å². The normalized spacial score (nSPS) is 10.9. The number of aryl methyl sites for hydroxylation is 1. The summed E-state index contributed by atoms with van der Waals surface area (Å²) in [5.41, 5.74) is 4.05. The fourth-order valence-corrected chi connectivity index (χ4v) is 2.81. The number of carbonyl (C=O) groups is 1. The second kappa shape index (κ2) is 7.23. The van der Waals surface area contributed by atoms with Crippen LogP contribution in [0, 0.1) is 0 Å². The van der Waals surface area contributed by atoms with Gasteiger partial charge < -0.3 is 10.3 Å². The summed E-state index contributed by atoms with van der Waals surface area (Å²) in [5, 5.41) is 7.03. The molecule has 1 amide bonds. The van der Waals surface area contributed by atoms with E-state index in [9.17, 15) is 4.79 Å². The highest BCUT2D eigenvalue weighted by molar-refractivity contribution is 5.79. The minimum absolute atomic E-state index is 0.0156. The Bertz CT molecular complexity index is 969. The van der Waals surface area contributed by atoms with Gasteiger partial charge in [0.05, 0.1) is 11.0 Å². The second-order valence-electron chi connectivity index (χ2n) is 6.10. The molecule has 0 saturated carbocycles. The fourth-order valence-electron chi connectivity index (χ4n) is 2.81. The van der Waals surface area contributed by atoms with Gasteiger partial charge in [-0.3, -0.25) is 9.48 Å². The number of aromatic amines is 1. The number of aromatic nitrogens is 4. The predicted molar refractivity (Wildman–Crippen MR) is 100 cm³/mol. The molecule has 0 saturated heterocycles. The number of nitrogens with one attached hydrogen (secondary N) is 2. The topological polar surface area (TPSA) is 75.6 Å². The molecule has 26 heavy (non-hydrogen) atoms. The molecule has 2 heterocycles. The third kappa shape index (κ3) is 3.64. The zero-order chi connectivity index (χ0) is 17.8. The van der Waals surface area contributed by atoms with Crippen molar-refractivity contribution < 1.29 is 4.79 Å². The number of imidazole rings is 1. The molecule has 0 aliphatic heterocycles. The Balaban J connectivity index is 1.34. The second-order valence-corrected chi connectivity index (χ2v) is 6.10. The van der Waals surface area contributed by atoms with Crippen LogP contribution in [0.1, 0.15) is 12.0 Å². The van der Waals surface area contributed by atoms with Crippen LogP contribution in [0.25, 0.3) is 22.4 Å². The van der Waals surface area contributed by atoms with E-state index in [1.807, 2.05) is 60.8 Å². The van der Waals surface area contributed by atoms with E-state index in [4.69, 9.17) is 0 Å². The van der Waals surface area contributed by atoms with Crippen LogP contribution in [0.15, 0.2) is 67.0 Å². The summed E-state index contributed by atoms with van der Waals surface area (Å²) < 4.78 is 1.75. The molecule has 6 heteroatoms. The molecule has 4 rings (SSSR count). The lowest BCUT2D eigenvalue weighted by Crippen LogP contribution is -2.24. The lowest BCUT2D eigenvalue weighted by Gasteiger charge is -2.06. The number of fused-ring (bicyclic) bond motifs is 1. The first kappa shape index (κ1) is 16.1. The monoisotopic (exact) mass is 345 g/mol. The Kier molecular flexibility index (Phi) is 4.47. The third-order valence-electron chi connectivity index (χ3n) is 4.23. The van der Waals surface area contributed by atoms with E-state index in [1.165, 1.54) is 0 Å². The maximum Gasteiger partial charge on any atom is 0.222 e. The molecule has 0 unspecified atom stereocenters. The Morgan fingerprint density at radius 1 is 1.08 bits per heavy atom. The number of carbonyl (C=O) groups excluding carboxylic acids is 1. The van der Waals surface area contributed by atoms with Crippen molar-refractivity contribution in [1.82, 2.24) is 25.1 Å². The van der Waals surface area contributed by atoms with Crippen molar-refractivity contribution >= 4 is 16.9 Å². The number of rotatable bonds is 6. The minimum atomic E-state index is 0.0156. The molecule has 0 aliphatic rings. The Morgan fingerprint density at radius 3 is 2.69 bits per heavy atom. The van der Waals surface area contributed by atoms with Gasteiger partial charge >= 0.3 is 0 Å². The molecule has 0 atom stereocenters. The molecule has 2 aromatic heterocycles. The number of nitrogens with zero attached hydrogens (tertiary/aromatic N) is 3. The summed E-state index contributed by atoms with van der Waals surface area (Å²) in [6, 6.07) is 17.9. The first-order valence-corrected chi connectivity index (χ1v) is 8.56. The molecule has 0 bridgehead atoms. The first-order valence-electron chi connectivity index (χ1n) is 8.56. The zero-order valence-corrected chi connectivity index (χ0v) is 14.2. The maximum absolute atomic E-state index is 11.9. The summed E-state index contributed by atoms with van der Waals surface area (Å²) in [6.45, 7) is 1.10. The van der Waals surface area contributed by atoms with Gasteiger partial charge in [-0.15, -0.1) is 0 Å². The van der Waals surface area contributed by atoms with E-state index in [-0.39, 0.29) is 5.91 Å². The predicted octanol–water partition coefficient (Wildman–Crippen LogP) is 3.13. The van der Waals surface area contributed by atoms with Crippen molar-refractivity contribution in [3.63, 3.8) is 0 Å². The van der Waals surface area contributed by atoms with Gasteiger partial charge in [0.1, 0.15) is 5.82 Å². The average molecular weight is 345 g/mol. The minimum Gasteiger partial charge on any atom is -0.352 e. The molecule has 130 valence electrons. The zero-order valence-electron chi connectivity index (χ0n) is 14.2. The van der Waals surface area contributed by atoms with E-state index < -0.39 is 0 Å². The smallest absolute Gasteiger partial charge is 0.222 e. The molecule has 2 aromatic carbocycles. The van der Waals surface area contributed by atoms with Gasteiger partial charge in [0, 0.05) is 37.5 Å². The largest absolute Gasteiger partial charge is 0.352 e. The van der Waals surface area contributed by atoms with Crippen LogP contribution in [-0.4, -0.2) is 25.7 Å². The quantitative estimate of drug-likeness (QED) is 0.564. The van der Waals surface area contributed by atoms with Crippen molar-refractivity contribution in [2.24, 2.45) is 0 Å². The van der Waals surface area contributed by atoms with Gasteiger partial charge in [0.25, 0.3) is 0 Å². The molecule has 0 aliphatic carbocycles. The van der Waals surface area contributed by atoms with Crippen molar-refractivity contribution in [1.29, 1.82) is 0 Å². The molecule has 0 spiro atoms. The third-order valence-corrected chi connectivity index (χ3v) is 4.23. The average Bonchev–Trinajstić information content (AvgIpc) is 3.34. The summed E-state index contributed by atoms with van der Waals surface area (Å²) in [5.74, 6) is 0.864. The van der Waals surface area contributed by atoms with Crippen LogP contribution in [0.2, 0.25) is 0 Å². The van der Waals surface area contributed by atoms with Crippen molar-refractivity contribution in [3.05, 3.63) is 72.6 Å². The van der Waals surface area contributed by atoms with Crippen LogP contribution in [0.5, 0.6) is 0 Å². The summed E-state index contributed by atoms with van der Waals surface area (Å²) in [4.78, 5) is 19.9. The SMILES string of the molecule is O=C(CCn1cccn1)NCc1ccc(-c2nc3ccccc3[nH]2)cc1. The first-order chi connectivity index (χ1) is 12.8. The summed E-state index contributed by atoms with van der Waals surface area (Å²) in [6.07, 6.45) is 3.98. The Hall–Kier alpha value is -3.41. The van der Waals surface area contributed by atoms with E-state index >= 15 is 0 Å². The highest BCUT2D eigenvalue weighted by atomic mass is 16.1. The Morgan fingerprint density at radius 2 is 1.92 bits per heavy atom. The number of hydrogen-bond acceptors (Lipinski definition) is 3. The summed E-state index contributed by atoms with van der Waals surface area (Å²) >= 11 is 0. The van der Waals surface area contributed by atoms with Crippen LogP contribution >= 0.6 is 0 Å². The lowest BCUT2D eigenvalue weighted by atomic mass is 10.1. The van der Waals surface area contributed by atoms with Gasteiger partial charge in [0.15, 0.2) is 0 Å². The van der Waals surface area contributed by atoms with Crippen LogP contribution < -0.4 is 5.32 Å². The number of hydrogen-bond donors (Lipinski definition) is 2. The van der Waals surface area contributed by atoms with Gasteiger partial charge in [-0.2, -0.15) is 5.10 Å². The highest BCUT2D eigenvalue weighted by Gasteiger charge is 2.06. The van der Waals surface area contributed by atoms with E-state index in [0.29, 0.717) is 19.5 Å². The van der Waals surface area contributed by atoms with Crippen molar-refractivity contribution in [2.75, 3.05) is 0 Å². The van der Waals surface area contributed by atoms with Crippen molar-refractivity contribution in [2.45, 2.75) is 19.5 Å². The molecule has 6 nitrogen and oxygen atoms in total. The molecular weight excluding hydrogens is 326 g/mol. The lowest BCUT2D eigenvalue weighted by molar-refractivity contribution is -0.121. The van der Waals surface area contributed by atoms with Crippen LogP contribution in [0.4, 0.5) is 0 Å². The number of amides is 1. The van der Waals surface area contributed by atoms with Gasteiger partial charge in [-0.05, 0) is 23.8 Å². The van der Waals surface area contributed by atoms with E-state index in [2.05, 4.69) is 20.4 Å². The standard InChI is InChI=1S/C20H19N5O/c26-19(10-13-25-12-3-11-22-25)21-14-15-6-8-16(9-7-15)20-23-17-4-1-2-5-18(17)24-20/h1-9,11-12H,10,13-14H2,(H,21,26)(H,23,24). The number of para-hydroxylation sites is 2. The summed E-state index contributed by atoms with van der Waals surface area (Å²) in [7, 11) is 0. The van der Waals surface area contributed by atoms with Gasteiger partial charge in [0.2, 0.25) is 5.91 Å². The van der Waals surface area contributed by atoms with E-state index in [0.717, 1.165) is 28.0 Å². The molecule has 0 radical (unpaired) electrons. The molecule has 0 fully saturated rings. The van der Waals surface area contributed by atoms with Gasteiger partial charge in [-0.25, -0.2) is 4.98 Å². The molecule has 2 N–H and O–H groups in total. The maximum atomic E-state index is 11.9. The molecular formula is C20H19N5O. The number of benzene rings is 2. The van der Waals surface area contributed by atoms with Crippen molar-refractivity contribution in [3.8, 4) is 11.4 Å². The molecule has 4 aromatic rings. The Labute approximate surface area is 150 Å².